The van der Waals surface area contributed by atoms with E-state index >= 15 is 0 Å². The highest BCUT2D eigenvalue weighted by Crippen LogP contribution is 2.34. The smallest absolute Gasteiger partial charge is 0.231 e. The highest BCUT2D eigenvalue weighted by molar-refractivity contribution is 5.44. The summed E-state index contributed by atoms with van der Waals surface area (Å²) in [6.45, 7) is 6.20. The van der Waals surface area contributed by atoms with Crippen LogP contribution in [0.15, 0.2) is 18.2 Å². The average Bonchev–Trinajstić information content (AvgIpc) is 2.63. The molecule has 1 aromatic carbocycles. The van der Waals surface area contributed by atoms with E-state index in [2.05, 4.69) is 0 Å². The zero-order valence-corrected chi connectivity index (χ0v) is 9.99. The zero-order chi connectivity index (χ0) is 11.8. The van der Waals surface area contributed by atoms with Gasteiger partial charge in [0.15, 0.2) is 11.5 Å². The molecule has 0 bridgehead atoms. The second-order valence-corrected chi connectivity index (χ2v) is 4.88. The van der Waals surface area contributed by atoms with Crippen molar-refractivity contribution in [1.82, 2.24) is 0 Å². The van der Waals surface area contributed by atoms with Gasteiger partial charge in [-0.05, 0) is 30.5 Å². The monoisotopic (exact) mass is 222 g/mol. The minimum absolute atomic E-state index is 0.220. The lowest BCUT2D eigenvalue weighted by molar-refractivity contribution is 0.0139. The first-order valence-corrected chi connectivity index (χ1v) is 5.60. The van der Waals surface area contributed by atoms with Gasteiger partial charge in [-0.2, -0.15) is 0 Å². The third kappa shape index (κ3) is 2.14. The zero-order valence-electron chi connectivity index (χ0n) is 9.99. The summed E-state index contributed by atoms with van der Waals surface area (Å²) in [4.78, 5) is 0. The van der Waals surface area contributed by atoms with E-state index in [9.17, 15) is 5.11 Å². The van der Waals surface area contributed by atoms with E-state index in [4.69, 9.17) is 9.47 Å². The summed E-state index contributed by atoms with van der Waals surface area (Å²) in [7, 11) is 0. The molecule has 1 heterocycles. The number of hydrogen-bond acceptors (Lipinski definition) is 3. The molecule has 1 N–H and O–H groups in total. The van der Waals surface area contributed by atoms with Gasteiger partial charge in [0.05, 0.1) is 5.60 Å². The number of hydrogen-bond donors (Lipinski definition) is 1. The van der Waals surface area contributed by atoms with Gasteiger partial charge in [-0.15, -0.1) is 0 Å². The standard InChI is InChI=1S/C13H18O3/c1-9(2)13(3,14)7-10-4-5-11-12(6-10)16-8-15-11/h4-6,9,14H,7-8H2,1-3H3. The van der Waals surface area contributed by atoms with Crippen molar-refractivity contribution >= 4 is 0 Å². The predicted octanol–water partition coefficient (Wildman–Crippen LogP) is 2.36. The number of fused-ring (bicyclic) bond motifs is 1. The summed E-state index contributed by atoms with van der Waals surface area (Å²) in [5, 5.41) is 10.2. The van der Waals surface area contributed by atoms with Crippen molar-refractivity contribution in [3.8, 4) is 11.5 Å². The maximum absolute atomic E-state index is 10.2. The summed E-state index contributed by atoms with van der Waals surface area (Å²) >= 11 is 0. The summed E-state index contributed by atoms with van der Waals surface area (Å²) in [6, 6.07) is 5.82. The molecule has 0 fully saturated rings. The molecular weight excluding hydrogens is 204 g/mol. The minimum Gasteiger partial charge on any atom is -0.454 e. The Labute approximate surface area is 96.0 Å². The van der Waals surface area contributed by atoms with Crippen molar-refractivity contribution < 1.29 is 14.6 Å². The molecule has 0 saturated heterocycles. The summed E-state index contributed by atoms with van der Waals surface area (Å²) < 4.78 is 10.6. The number of rotatable bonds is 3. The molecule has 3 heteroatoms. The first-order valence-electron chi connectivity index (χ1n) is 5.60. The lowest BCUT2D eigenvalue weighted by Crippen LogP contribution is -2.33. The number of aliphatic hydroxyl groups is 1. The van der Waals surface area contributed by atoms with Crippen LogP contribution < -0.4 is 9.47 Å². The van der Waals surface area contributed by atoms with Crippen LogP contribution in [0.4, 0.5) is 0 Å². The van der Waals surface area contributed by atoms with Gasteiger partial charge >= 0.3 is 0 Å². The maximum atomic E-state index is 10.2. The van der Waals surface area contributed by atoms with Crippen molar-refractivity contribution in [2.75, 3.05) is 6.79 Å². The van der Waals surface area contributed by atoms with Crippen LogP contribution in [0, 0.1) is 5.92 Å². The molecule has 0 spiro atoms. The fraction of sp³-hybridized carbons (Fsp3) is 0.538. The molecule has 1 unspecified atom stereocenters. The van der Waals surface area contributed by atoms with E-state index in [-0.39, 0.29) is 5.92 Å². The Morgan fingerprint density at radius 1 is 1.31 bits per heavy atom. The highest BCUT2D eigenvalue weighted by Gasteiger charge is 2.26. The molecule has 1 atom stereocenters. The van der Waals surface area contributed by atoms with Gasteiger partial charge < -0.3 is 14.6 Å². The van der Waals surface area contributed by atoms with Crippen molar-refractivity contribution in [2.24, 2.45) is 5.92 Å². The van der Waals surface area contributed by atoms with Gasteiger partial charge in [0.25, 0.3) is 0 Å². The van der Waals surface area contributed by atoms with E-state index < -0.39 is 5.60 Å². The van der Waals surface area contributed by atoms with Gasteiger partial charge in [0.1, 0.15) is 0 Å². The quantitative estimate of drug-likeness (QED) is 0.853. The Morgan fingerprint density at radius 3 is 2.69 bits per heavy atom. The third-order valence-electron chi connectivity index (χ3n) is 3.24. The Bertz CT molecular complexity index is 383. The van der Waals surface area contributed by atoms with Crippen LogP contribution in [-0.2, 0) is 6.42 Å². The molecule has 88 valence electrons. The van der Waals surface area contributed by atoms with Crippen LogP contribution in [0.3, 0.4) is 0 Å². The minimum atomic E-state index is -0.687. The largest absolute Gasteiger partial charge is 0.454 e. The average molecular weight is 222 g/mol. The lowest BCUT2D eigenvalue weighted by Gasteiger charge is -2.27. The summed E-state index contributed by atoms with van der Waals surface area (Å²) in [5.74, 6) is 1.78. The normalized spacial score (nSPS) is 17.6. The highest BCUT2D eigenvalue weighted by atomic mass is 16.7. The molecule has 0 aliphatic carbocycles. The molecule has 3 nitrogen and oxygen atoms in total. The lowest BCUT2D eigenvalue weighted by atomic mass is 9.86. The van der Waals surface area contributed by atoms with Crippen LogP contribution in [-0.4, -0.2) is 17.5 Å². The second kappa shape index (κ2) is 3.98. The number of ether oxygens (including phenoxy) is 2. The molecule has 0 radical (unpaired) electrons. The second-order valence-electron chi connectivity index (χ2n) is 4.88. The van der Waals surface area contributed by atoms with Crippen molar-refractivity contribution in [3.63, 3.8) is 0 Å². The van der Waals surface area contributed by atoms with E-state index in [1.54, 1.807) is 0 Å². The van der Waals surface area contributed by atoms with Gasteiger partial charge in [-0.25, -0.2) is 0 Å². The Kier molecular flexibility index (Phi) is 2.80. The molecule has 2 rings (SSSR count). The van der Waals surface area contributed by atoms with Crippen LogP contribution in [0.5, 0.6) is 11.5 Å². The van der Waals surface area contributed by atoms with Gasteiger partial charge in [0.2, 0.25) is 6.79 Å². The number of benzene rings is 1. The van der Waals surface area contributed by atoms with Crippen LogP contribution >= 0.6 is 0 Å². The van der Waals surface area contributed by atoms with E-state index in [0.717, 1.165) is 17.1 Å². The van der Waals surface area contributed by atoms with Crippen molar-refractivity contribution in [3.05, 3.63) is 23.8 Å². The molecule has 0 saturated carbocycles. The van der Waals surface area contributed by atoms with Crippen LogP contribution in [0.2, 0.25) is 0 Å². The molecule has 1 aliphatic heterocycles. The fourth-order valence-electron chi connectivity index (χ4n) is 1.67. The van der Waals surface area contributed by atoms with Gasteiger partial charge in [-0.1, -0.05) is 19.9 Å². The van der Waals surface area contributed by atoms with Crippen molar-refractivity contribution in [2.45, 2.75) is 32.8 Å². The Morgan fingerprint density at radius 2 is 2.00 bits per heavy atom. The predicted molar refractivity (Wildman–Crippen MR) is 61.7 cm³/mol. The first-order chi connectivity index (χ1) is 7.49. The van der Waals surface area contributed by atoms with Crippen LogP contribution in [0.1, 0.15) is 26.3 Å². The maximum Gasteiger partial charge on any atom is 0.231 e. The van der Waals surface area contributed by atoms with Gasteiger partial charge in [0, 0.05) is 6.42 Å². The Balaban J connectivity index is 2.17. The molecule has 1 aromatic rings. The molecule has 16 heavy (non-hydrogen) atoms. The molecule has 1 aliphatic rings. The Hall–Kier alpha value is -1.22. The SMILES string of the molecule is CC(C)C(C)(O)Cc1ccc2c(c1)OCO2. The van der Waals surface area contributed by atoms with Gasteiger partial charge in [-0.3, -0.25) is 0 Å². The molecule has 0 aromatic heterocycles. The molecular formula is C13H18O3. The first kappa shape index (κ1) is 11.3. The van der Waals surface area contributed by atoms with E-state index in [1.165, 1.54) is 0 Å². The van der Waals surface area contributed by atoms with E-state index in [0.29, 0.717) is 13.2 Å². The topological polar surface area (TPSA) is 38.7 Å². The fourth-order valence-corrected chi connectivity index (χ4v) is 1.67. The summed E-state index contributed by atoms with van der Waals surface area (Å²) in [5.41, 5.74) is 0.385. The molecule has 0 amide bonds. The summed E-state index contributed by atoms with van der Waals surface area (Å²) in [6.07, 6.45) is 0.626. The van der Waals surface area contributed by atoms with E-state index in [1.807, 2.05) is 39.0 Å². The van der Waals surface area contributed by atoms with Crippen molar-refractivity contribution in [1.29, 1.82) is 0 Å². The third-order valence-corrected chi connectivity index (χ3v) is 3.24. The van der Waals surface area contributed by atoms with Crippen LogP contribution in [0.25, 0.3) is 0 Å².